The lowest BCUT2D eigenvalue weighted by molar-refractivity contribution is -0.142. The SMILES string of the molecule is CN(CC1CCCN1C)C(=O)C1(C#N)CCC1. The first-order valence-electron chi connectivity index (χ1n) is 6.46. The maximum atomic E-state index is 12.3. The van der Waals surface area contributed by atoms with Crippen molar-refractivity contribution in [2.45, 2.75) is 38.1 Å². The van der Waals surface area contributed by atoms with Crippen LogP contribution in [0, 0.1) is 16.7 Å². The molecule has 2 rings (SSSR count). The number of amides is 1. The van der Waals surface area contributed by atoms with Crippen LogP contribution in [0.1, 0.15) is 32.1 Å². The van der Waals surface area contributed by atoms with Gasteiger partial charge >= 0.3 is 0 Å². The zero-order chi connectivity index (χ0) is 12.5. The van der Waals surface area contributed by atoms with Gasteiger partial charge in [-0.1, -0.05) is 0 Å². The minimum Gasteiger partial charge on any atom is -0.343 e. The van der Waals surface area contributed by atoms with Gasteiger partial charge in [-0.15, -0.1) is 0 Å². The van der Waals surface area contributed by atoms with Gasteiger partial charge in [-0.25, -0.2) is 0 Å². The van der Waals surface area contributed by atoms with E-state index in [-0.39, 0.29) is 5.91 Å². The Morgan fingerprint density at radius 1 is 1.53 bits per heavy atom. The molecule has 4 heteroatoms. The molecule has 1 amide bonds. The predicted octanol–water partition coefficient (Wildman–Crippen LogP) is 1.23. The fraction of sp³-hybridized carbons (Fsp3) is 0.846. The third-order valence-electron chi connectivity index (χ3n) is 4.33. The van der Waals surface area contributed by atoms with Gasteiger partial charge < -0.3 is 9.80 Å². The minimum absolute atomic E-state index is 0.0338. The number of carbonyl (C=O) groups is 1. The zero-order valence-electron chi connectivity index (χ0n) is 10.8. The lowest BCUT2D eigenvalue weighted by Crippen LogP contribution is -2.49. The Labute approximate surface area is 103 Å². The summed E-state index contributed by atoms with van der Waals surface area (Å²) in [7, 11) is 3.95. The molecule has 1 heterocycles. The Balaban J connectivity index is 1.93. The van der Waals surface area contributed by atoms with Crippen LogP contribution in [-0.4, -0.2) is 48.9 Å². The van der Waals surface area contributed by atoms with Gasteiger partial charge in [0.1, 0.15) is 5.41 Å². The summed E-state index contributed by atoms with van der Waals surface area (Å²) < 4.78 is 0. The van der Waals surface area contributed by atoms with Crippen molar-refractivity contribution in [1.29, 1.82) is 5.26 Å². The standard InChI is InChI=1S/C13H21N3O/c1-15-8-3-5-11(15)9-16(2)12(17)13(10-14)6-4-7-13/h11H,3-9H2,1-2H3. The smallest absolute Gasteiger partial charge is 0.242 e. The Morgan fingerprint density at radius 3 is 2.65 bits per heavy atom. The van der Waals surface area contributed by atoms with Crippen molar-refractivity contribution in [3.8, 4) is 6.07 Å². The van der Waals surface area contributed by atoms with Crippen molar-refractivity contribution in [3.05, 3.63) is 0 Å². The Hall–Kier alpha value is -1.08. The van der Waals surface area contributed by atoms with Gasteiger partial charge in [0, 0.05) is 19.6 Å². The molecule has 0 N–H and O–H groups in total. The molecule has 4 nitrogen and oxygen atoms in total. The van der Waals surface area contributed by atoms with E-state index in [9.17, 15) is 4.79 Å². The second-order valence-corrected chi connectivity index (χ2v) is 5.51. The lowest BCUT2D eigenvalue weighted by Gasteiger charge is -2.38. The summed E-state index contributed by atoms with van der Waals surface area (Å²) in [5, 5.41) is 9.16. The highest BCUT2D eigenvalue weighted by molar-refractivity contribution is 5.86. The first kappa shape index (κ1) is 12.4. The summed E-state index contributed by atoms with van der Waals surface area (Å²) in [6.07, 6.45) is 4.87. The van der Waals surface area contributed by atoms with E-state index in [0.717, 1.165) is 38.8 Å². The highest BCUT2D eigenvalue weighted by Crippen LogP contribution is 2.41. The first-order chi connectivity index (χ1) is 8.09. The monoisotopic (exact) mass is 235 g/mol. The average molecular weight is 235 g/mol. The average Bonchev–Trinajstić information content (AvgIpc) is 2.63. The van der Waals surface area contributed by atoms with Crippen molar-refractivity contribution in [3.63, 3.8) is 0 Å². The molecule has 2 fully saturated rings. The molecule has 1 saturated carbocycles. The summed E-state index contributed by atoms with van der Waals surface area (Å²) in [4.78, 5) is 16.3. The molecule has 0 bridgehead atoms. The van der Waals surface area contributed by atoms with Gasteiger partial charge in [0.05, 0.1) is 6.07 Å². The van der Waals surface area contributed by atoms with Crippen molar-refractivity contribution in [2.24, 2.45) is 5.41 Å². The van der Waals surface area contributed by atoms with E-state index in [1.165, 1.54) is 6.42 Å². The molecule has 1 atom stereocenters. The molecule has 17 heavy (non-hydrogen) atoms. The molecule has 1 saturated heterocycles. The fourth-order valence-corrected chi connectivity index (χ4v) is 2.88. The molecular weight excluding hydrogens is 214 g/mol. The first-order valence-corrected chi connectivity index (χ1v) is 6.46. The van der Waals surface area contributed by atoms with Crippen LogP contribution in [0.4, 0.5) is 0 Å². The van der Waals surface area contributed by atoms with Crippen LogP contribution in [0.5, 0.6) is 0 Å². The lowest BCUT2D eigenvalue weighted by atomic mass is 9.69. The molecule has 1 aliphatic heterocycles. The summed E-state index contributed by atoms with van der Waals surface area (Å²) >= 11 is 0. The predicted molar refractivity (Wildman–Crippen MR) is 65.2 cm³/mol. The number of nitrogens with zero attached hydrogens (tertiary/aromatic N) is 3. The largest absolute Gasteiger partial charge is 0.343 e. The van der Waals surface area contributed by atoms with Gasteiger partial charge in [-0.05, 0) is 45.7 Å². The van der Waals surface area contributed by atoms with Crippen LogP contribution >= 0.6 is 0 Å². The Kier molecular flexibility index (Phi) is 3.39. The van der Waals surface area contributed by atoms with Crippen LogP contribution < -0.4 is 0 Å². The van der Waals surface area contributed by atoms with E-state index < -0.39 is 5.41 Å². The van der Waals surface area contributed by atoms with Crippen LogP contribution in [0.2, 0.25) is 0 Å². The fourth-order valence-electron chi connectivity index (χ4n) is 2.88. The number of likely N-dealkylation sites (tertiary alicyclic amines) is 1. The molecular formula is C13H21N3O. The third kappa shape index (κ3) is 2.16. The highest BCUT2D eigenvalue weighted by atomic mass is 16.2. The van der Waals surface area contributed by atoms with E-state index in [1.807, 2.05) is 7.05 Å². The number of likely N-dealkylation sites (N-methyl/N-ethyl adjacent to an activating group) is 2. The van der Waals surface area contributed by atoms with Crippen molar-refractivity contribution < 1.29 is 4.79 Å². The van der Waals surface area contributed by atoms with Crippen LogP contribution in [0.3, 0.4) is 0 Å². The second kappa shape index (κ2) is 4.66. The minimum atomic E-state index is -0.689. The maximum Gasteiger partial charge on any atom is 0.242 e. The molecule has 0 aromatic rings. The van der Waals surface area contributed by atoms with E-state index in [2.05, 4.69) is 18.0 Å². The molecule has 0 spiro atoms. The summed E-state index contributed by atoms with van der Waals surface area (Å²) in [6.45, 7) is 1.88. The Bertz CT molecular complexity index is 343. The van der Waals surface area contributed by atoms with Crippen LogP contribution in [-0.2, 0) is 4.79 Å². The normalized spacial score (nSPS) is 27.2. The number of nitriles is 1. The summed E-state index contributed by atoms with van der Waals surface area (Å²) in [5.74, 6) is 0.0338. The third-order valence-corrected chi connectivity index (χ3v) is 4.33. The van der Waals surface area contributed by atoms with Gasteiger partial charge in [0.25, 0.3) is 0 Å². The number of rotatable bonds is 3. The number of hydrogen-bond acceptors (Lipinski definition) is 3. The van der Waals surface area contributed by atoms with Gasteiger partial charge in [0.15, 0.2) is 0 Å². The molecule has 0 radical (unpaired) electrons. The molecule has 94 valence electrons. The van der Waals surface area contributed by atoms with Crippen molar-refractivity contribution in [2.75, 3.05) is 27.2 Å². The quantitative estimate of drug-likeness (QED) is 0.739. The van der Waals surface area contributed by atoms with Crippen LogP contribution in [0.15, 0.2) is 0 Å². The van der Waals surface area contributed by atoms with Crippen molar-refractivity contribution >= 4 is 5.91 Å². The number of hydrogen-bond donors (Lipinski definition) is 0. The molecule has 2 aliphatic rings. The summed E-state index contributed by atoms with van der Waals surface area (Å²) in [5.41, 5.74) is -0.689. The Morgan fingerprint density at radius 2 is 2.24 bits per heavy atom. The van der Waals surface area contributed by atoms with Crippen LogP contribution in [0.25, 0.3) is 0 Å². The molecule has 1 unspecified atom stereocenters. The zero-order valence-corrected chi connectivity index (χ0v) is 10.8. The summed E-state index contributed by atoms with van der Waals surface area (Å²) in [6, 6.07) is 2.70. The van der Waals surface area contributed by atoms with Crippen molar-refractivity contribution in [1.82, 2.24) is 9.80 Å². The number of carbonyl (C=O) groups excluding carboxylic acids is 1. The van der Waals surface area contributed by atoms with Gasteiger partial charge in [-0.2, -0.15) is 5.26 Å². The van der Waals surface area contributed by atoms with E-state index in [0.29, 0.717) is 6.04 Å². The van der Waals surface area contributed by atoms with E-state index in [4.69, 9.17) is 5.26 Å². The highest BCUT2D eigenvalue weighted by Gasteiger charge is 2.46. The molecule has 0 aromatic heterocycles. The van der Waals surface area contributed by atoms with E-state index >= 15 is 0 Å². The van der Waals surface area contributed by atoms with E-state index in [1.54, 1.807) is 4.90 Å². The molecule has 1 aliphatic carbocycles. The maximum absolute atomic E-state index is 12.3. The molecule has 0 aromatic carbocycles. The van der Waals surface area contributed by atoms with Gasteiger partial charge in [-0.3, -0.25) is 4.79 Å². The second-order valence-electron chi connectivity index (χ2n) is 5.51. The van der Waals surface area contributed by atoms with Gasteiger partial charge in [0.2, 0.25) is 5.91 Å². The topological polar surface area (TPSA) is 47.3 Å².